The van der Waals surface area contributed by atoms with Gasteiger partial charge in [0.15, 0.2) is 0 Å². The van der Waals surface area contributed by atoms with Gasteiger partial charge < -0.3 is 16.0 Å². The van der Waals surface area contributed by atoms with Gasteiger partial charge in [0.2, 0.25) is 5.91 Å². The molecule has 1 fully saturated rings. The number of hydrogen-bond acceptors (Lipinski definition) is 4. The number of nitrogens with zero attached hydrogens (tertiary/aromatic N) is 2. The molecule has 0 aliphatic carbocycles. The molecule has 1 atom stereocenters. The first-order valence-corrected chi connectivity index (χ1v) is 9.24. The van der Waals surface area contributed by atoms with Gasteiger partial charge in [0, 0.05) is 43.2 Å². The molecule has 2 amide bonds. The van der Waals surface area contributed by atoms with Crippen LogP contribution >= 0.6 is 24.8 Å². The van der Waals surface area contributed by atoms with Crippen molar-refractivity contribution in [2.24, 2.45) is 5.73 Å². The minimum absolute atomic E-state index is 0. The third kappa shape index (κ3) is 5.56. The summed E-state index contributed by atoms with van der Waals surface area (Å²) in [5, 5.41) is 3.87. The van der Waals surface area contributed by atoms with E-state index in [9.17, 15) is 9.59 Å². The van der Waals surface area contributed by atoms with E-state index in [0.29, 0.717) is 31.6 Å². The molecule has 1 aliphatic heterocycles. The van der Waals surface area contributed by atoms with E-state index in [4.69, 9.17) is 5.73 Å². The molecule has 3 N–H and O–H groups in total. The van der Waals surface area contributed by atoms with Gasteiger partial charge in [0.25, 0.3) is 5.91 Å². The van der Waals surface area contributed by atoms with Crippen LogP contribution in [0.4, 0.5) is 0 Å². The Morgan fingerprint density at radius 2 is 2.00 bits per heavy atom. The number of piperidine rings is 1. The lowest BCUT2D eigenvalue weighted by Gasteiger charge is -2.36. The van der Waals surface area contributed by atoms with E-state index in [2.05, 4.69) is 10.3 Å². The van der Waals surface area contributed by atoms with Gasteiger partial charge >= 0.3 is 0 Å². The number of amides is 2. The highest BCUT2D eigenvalue weighted by Crippen LogP contribution is 2.23. The van der Waals surface area contributed by atoms with Crippen molar-refractivity contribution < 1.29 is 9.59 Å². The van der Waals surface area contributed by atoms with E-state index in [0.717, 1.165) is 35.9 Å². The third-order valence-electron chi connectivity index (χ3n) is 4.88. The zero-order valence-electron chi connectivity index (χ0n) is 16.0. The molecule has 0 spiro atoms. The average Bonchev–Trinajstić information content (AvgIpc) is 2.66. The van der Waals surface area contributed by atoms with E-state index >= 15 is 0 Å². The Balaban J connectivity index is 0.00000196. The number of benzene rings is 1. The zero-order chi connectivity index (χ0) is 18.5. The van der Waals surface area contributed by atoms with Crippen LogP contribution in [-0.2, 0) is 4.79 Å². The largest absolute Gasteiger partial charge is 0.354 e. The Kier molecular flexibility index (Phi) is 9.65. The number of aryl methyl sites for hydroxylation is 1. The lowest BCUT2D eigenvalue weighted by atomic mass is 9.99. The molecule has 1 unspecified atom stereocenters. The van der Waals surface area contributed by atoms with Crippen molar-refractivity contribution in [1.82, 2.24) is 15.2 Å². The summed E-state index contributed by atoms with van der Waals surface area (Å²) >= 11 is 0. The van der Waals surface area contributed by atoms with Crippen LogP contribution in [0.1, 0.15) is 41.7 Å². The Morgan fingerprint density at radius 3 is 2.75 bits per heavy atom. The molecule has 0 saturated carbocycles. The predicted molar refractivity (Wildman–Crippen MR) is 116 cm³/mol. The summed E-state index contributed by atoms with van der Waals surface area (Å²) in [5.41, 5.74) is 7.69. The Bertz CT molecular complexity index is 816. The van der Waals surface area contributed by atoms with Crippen molar-refractivity contribution in [3.8, 4) is 0 Å². The number of carbonyl (C=O) groups is 2. The maximum absolute atomic E-state index is 13.3. The molecule has 2 heterocycles. The second kappa shape index (κ2) is 11.2. The molecule has 3 rings (SSSR count). The molecule has 1 aliphatic rings. The fourth-order valence-electron chi connectivity index (χ4n) is 3.50. The van der Waals surface area contributed by atoms with Crippen LogP contribution in [0.15, 0.2) is 30.3 Å². The minimum Gasteiger partial charge on any atom is -0.354 e. The molecule has 1 aromatic heterocycles. The van der Waals surface area contributed by atoms with E-state index in [1.165, 1.54) is 0 Å². The van der Waals surface area contributed by atoms with Crippen molar-refractivity contribution in [3.63, 3.8) is 0 Å². The number of para-hydroxylation sites is 1. The van der Waals surface area contributed by atoms with Crippen LogP contribution in [-0.4, -0.2) is 47.4 Å². The highest BCUT2D eigenvalue weighted by atomic mass is 35.5. The fourth-order valence-corrected chi connectivity index (χ4v) is 3.50. The van der Waals surface area contributed by atoms with Crippen molar-refractivity contribution in [2.75, 3.05) is 19.6 Å². The molecule has 6 nitrogen and oxygen atoms in total. The number of likely N-dealkylation sites (tertiary alicyclic amines) is 1. The van der Waals surface area contributed by atoms with Gasteiger partial charge in [0.05, 0.1) is 11.1 Å². The number of nitrogens with one attached hydrogen (secondary N) is 1. The highest BCUT2D eigenvalue weighted by molar-refractivity contribution is 6.05. The van der Waals surface area contributed by atoms with Crippen molar-refractivity contribution >= 4 is 47.5 Å². The SMILES string of the molecule is Cc1ccc2cccc(C(=O)N3CCCCC3CNC(=O)CCN)c2n1.Cl.Cl. The molecule has 0 radical (unpaired) electrons. The van der Waals surface area contributed by atoms with Gasteiger partial charge in [-0.1, -0.05) is 18.2 Å². The van der Waals surface area contributed by atoms with Crippen LogP contribution < -0.4 is 11.1 Å². The number of hydrogen-bond donors (Lipinski definition) is 2. The first-order chi connectivity index (χ1) is 12.6. The predicted octanol–water partition coefficient (Wildman–Crippen LogP) is 2.85. The van der Waals surface area contributed by atoms with Gasteiger partial charge in [-0.05, 0) is 38.3 Å². The van der Waals surface area contributed by atoms with Crippen LogP contribution in [0.5, 0.6) is 0 Å². The first kappa shape index (κ1) is 24.1. The number of pyridine rings is 1. The van der Waals surface area contributed by atoms with Crippen LogP contribution in [0.2, 0.25) is 0 Å². The average molecular weight is 427 g/mol. The highest BCUT2D eigenvalue weighted by Gasteiger charge is 2.28. The molecule has 0 bridgehead atoms. The lowest BCUT2D eigenvalue weighted by molar-refractivity contribution is -0.121. The molecular weight excluding hydrogens is 399 g/mol. The van der Waals surface area contributed by atoms with Crippen LogP contribution in [0.25, 0.3) is 10.9 Å². The van der Waals surface area contributed by atoms with E-state index in [-0.39, 0.29) is 42.7 Å². The van der Waals surface area contributed by atoms with Gasteiger partial charge in [-0.3, -0.25) is 14.6 Å². The zero-order valence-corrected chi connectivity index (χ0v) is 17.7. The smallest absolute Gasteiger partial charge is 0.256 e. The first-order valence-electron chi connectivity index (χ1n) is 9.24. The van der Waals surface area contributed by atoms with Crippen molar-refractivity contribution in [2.45, 2.75) is 38.6 Å². The monoisotopic (exact) mass is 426 g/mol. The number of halogens is 2. The van der Waals surface area contributed by atoms with Crippen molar-refractivity contribution in [3.05, 3.63) is 41.6 Å². The maximum Gasteiger partial charge on any atom is 0.256 e. The van der Waals surface area contributed by atoms with Gasteiger partial charge in [-0.25, -0.2) is 0 Å². The second-order valence-electron chi connectivity index (χ2n) is 6.82. The van der Waals surface area contributed by atoms with Crippen LogP contribution in [0, 0.1) is 6.92 Å². The van der Waals surface area contributed by atoms with Gasteiger partial charge in [-0.15, -0.1) is 24.8 Å². The molecule has 28 heavy (non-hydrogen) atoms. The number of rotatable bonds is 5. The Hall–Kier alpha value is -1.89. The molecule has 2 aromatic rings. The molecule has 154 valence electrons. The number of nitrogens with two attached hydrogens (primary N) is 1. The Morgan fingerprint density at radius 1 is 1.21 bits per heavy atom. The van der Waals surface area contributed by atoms with E-state index < -0.39 is 0 Å². The summed E-state index contributed by atoms with van der Waals surface area (Å²) in [5.74, 6) is -0.0700. The Labute approximate surface area is 178 Å². The summed E-state index contributed by atoms with van der Waals surface area (Å²) in [6.45, 7) is 3.44. The summed E-state index contributed by atoms with van der Waals surface area (Å²) in [4.78, 5) is 31.5. The van der Waals surface area contributed by atoms with Gasteiger partial charge in [0.1, 0.15) is 0 Å². The minimum atomic E-state index is -0.0621. The summed E-state index contributed by atoms with van der Waals surface area (Å²) in [6.07, 6.45) is 3.25. The lowest BCUT2D eigenvalue weighted by Crippen LogP contribution is -2.49. The second-order valence-corrected chi connectivity index (χ2v) is 6.82. The number of carbonyl (C=O) groups excluding carboxylic acids is 2. The van der Waals surface area contributed by atoms with Crippen molar-refractivity contribution in [1.29, 1.82) is 0 Å². The summed E-state index contributed by atoms with van der Waals surface area (Å²) in [7, 11) is 0. The molecule has 8 heteroatoms. The summed E-state index contributed by atoms with van der Waals surface area (Å²) in [6, 6.07) is 9.67. The number of aromatic nitrogens is 1. The normalized spacial score (nSPS) is 16.1. The molecule has 1 saturated heterocycles. The maximum atomic E-state index is 13.3. The topological polar surface area (TPSA) is 88.3 Å². The third-order valence-corrected chi connectivity index (χ3v) is 4.88. The standard InChI is InChI=1S/C20H26N4O2.2ClH/c1-14-8-9-15-5-4-7-17(19(15)23-14)20(26)24-12-3-2-6-16(24)13-22-18(25)10-11-21;;/h4-5,7-9,16H,2-3,6,10-13,21H2,1H3,(H,22,25);2*1H. The van der Waals surface area contributed by atoms with Gasteiger partial charge in [-0.2, -0.15) is 0 Å². The molecule has 1 aromatic carbocycles. The summed E-state index contributed by atoms with van der Waals surface area (Å²) < 4.78 is 0. The van der Waals surface area contributed by atoms with E-state index in [1.54, 1.807) is 0 Å². The number of fused-ring (bicyclic) bond motifs is 1. The fraction of sp³-hybridized carbons (Fsp3) is 0.450. The van der Waals surface area contributed by atoms with E-state index in [1.807, 2.05) is 42.2 Å². The van der Waals surface area contributed by atoms with Crippen LogP contribution in [0.3, 0.4) is 0 Å². The quantitative estimate of drug-likeness (QED) is 0.768. The molecular formula is C20H28Cl2N4O2.